The van der Waals surface area contributed by atoms with E-state index in [2.05, 4.69) is 48.4 Å². The summed E-state index contributed by atoms with van der Waals surface area (Å²) in [4.78, 5) is 4.59. The second kappa shape index (κ2) is 7.12. The highest BCUT2D eigenvalue weighted by Gasteiger charge is 2.08. The minimum absolute atomic E-state index is 0.529. The molecule has 0 amide bonds. The van der Waals surface area contributed by atoms with Gasteiger partial charge < -0.3 is 5.32 Å². The fourth-order valence-corrected chi connectivity index (χ4v) is 3.29. The van der Waals surface area contributed by atoms with E-state index in [-0.39, 0.29) is 0 Å². The summed E-state index contributed by atoms with van der Waals surface area (Å²) < 4.78 is 0. The normalized spacial score (nSPS) is 11.1. The van der Waals surface area contributed by atoms with Gasteiger partial charge in [0, 0.05) is 22.8 Å². The monoisotopic (exact) mass is 331 g/mol. The molecule has 24 heavy (non-hydrogen) atoms. The zero-order valence-electron chi connectivity index (χ0n) is 13.6. The molecule has 0 radical (unpaired) electrons. The van der Waals surface area contributed by atoms with Crippen LogP contribution in [0.5, 0.6) is 0 Å². The summed E-state index contributed by atoms with van der Waals surface area (Å²) >= 11 is 1.48. The highest BCUT2D eigenvalue weighted by molar-refractivity contribution is 7.11. The molecule has 0 spiro atoms. The van der Waals surface area contributed by atoms with Crippen molar-refractivity contribution in [2.45, 2.75) is 13.8 Å². The first-order chi connectivity index (χ1) is 11.7. The quantitative estimate of drug-likeness (QED) is 0.651. The van der Waals surface area contributed by atoms with Gasteiger partial charge in [-0.05, 0) is 37.1 Å². The lowest BCUT2D eigenvalue weighted by Gasteiger charge is -2.05. The van der Waals surface area contributed by atoms with E-state index in [0.717, 1.165) is 16.9 Å². The fraction of sp³-hybridized carbons (Fsp3) is 0.100. The smallest absolute Gasteiger partial charge is 0.136 e. The topological polar surface area (TPSA) is 48.7 Å². The van der Waals surface area contributed by atoms with Gasteiger partial charge in [-0.1, -0.05) is 36.4 Å². The first-order valence-corrected chi connectivity index (χ1v) is 8.50. The minimum Gasteiger partial charge on any atom is -0.360 e. The van der Waals surface area contributed by atoms with Crippen molar-refractivity contribution in [1.82, 2.24) is 4.98 Å². The number of hydrogen-bond acceptors (Lipinski definition) is 4. The average Bonchev–Trinajstić information content (AvgIpc) is 3.05. The second-order valence-corrected chi connectivity index (χ2v) is 6.45. The molecule has 0 fully saturated rings. The first-order valence-electron chi connectivity index (χ1n) is 7.62. The van der Waals surface area contributed by atoms with Crippen LogP contribution in [-0.2, 0) is 0 Å². The molecule has 0 aliphatic heterocycles. The molecule has 0 aliphatic carbocycles. The molecule has 0 atom stereocenters. The summed E-state index contributed by atoms with van der Waals surface area (Å²) in [7, 11) is 0. The number of allylic oxidation sites excluding steroid dienone is 1. The van der Waals surface area contributed by atoms with Crippen LogP contribution in [0, 0.1) is 25.2 Å². The predicted molar refractivity (Wildman–Crippen MR) is 101 cm³/mol. The van der Waals surface area contributed by atoms with Gasteiger partial charge in [-0.15, -0.1) is 11.3 Å². The molecule has 0 bridgehead atoms. The molecule has 1 aromatic heterocycles. The predicted octanol–water partition coefficient (Wildman–Crippen LogP) is 5.40. The third-order valence-electron chi connectivity index (χ3n) is 3.53. The van der Waals surface area contributed by atoms with Gasteiger partial charge in [0.15, 0.2) is 0 Å². The van der Waals surface area contributed by atoms with Gasteiger partial charge in [0.1, 0.15) is 16.6 Å². The summed E-state index contributed by atoms with van der Waals surface area (Å²) in [6.45, 7) is 4.11. The average molecular weight is 331 g/mol. The maximum Gasteiger partial charge on any atom is 0.136 e. The van der Waals surface area contributed by atoms with Crippen molar-refractivity contribution in [3.8, 4) is 17.3 Å². The maximum absolute atomic E-state index is 9.45. The molecule has 1 heterocycles. The largest absolute Gasteiger partial charge is 0.360 e. The highest BCUT2D eigenvalue weighted by Crippen LogP contribution is 2.26. The number of aryl methyl sites for hydroxylation is 2. The summed E-state index contributed by atoms with van der Waals surface area (Å²) in [6.07, 6.45) is 1.72. The lowest BCUT2D eigenvalue weighted by atomic mass is 10.1. The molecular weight excluding hydrogens is 314 g/mol. The zero-order valence-corrected chi connectivity index (χ0v) is 14.4. The Morgan fingerprint density at radius 3 is 2.50 bits per heavy atom. The van der Waals surface area contributed by atoms with Gasteiger partial charge in [0.25, 0.3) is 0 Å². The van der Waals surface area contributed by atoms with Crippen molar-refractivity contribution in [1.29, 1.82) is 5.26 Å². The van der Waals surface area contributed by atoms with Crippen molar-refractivity contribution >= 4 is 22.6 Å². The van der Waals surface area contributed by atoms with Crippen LogP contribution in [0.2, 0.25) is 0 Å². The number of nitriles is 1. The molecule has 0 unspecified atom stereocenters. The van der Waals surface area contributed by atoms with Crippen LogP contribution in [0.3, 0.4) is 0 Å². The van der Waals surface area contributed by atoms with Crippen LogP contribution in [0.25, 0.3) is 16.8 Å². The van der Waals surface area contributed by atoms with Crippen molar-refractivity contribution in [3.05, 3.63) is 76.2 Å². The number of hydrogen-bond donors (Lipinski definition) is 1. The molecule has 2 aromatic carbocycles. The number of nitrogens with one attached hydrogen (secondary N) is 1. The van der Waals surface area contributed by atoms with Crippen LogP contribution >= 0.6 is 11.3 Å². The van der Waals surface area contributed by atoms with Crippen molar-refractivity contribution < 1.29 is 0 Å². The maximum atomic E-state index is 9.45. The molecule has 0 saturated heterocycles. The third kappa shape index (κ3) is 3.70. The van der Waals surface area contributed by atoms with Crippen LogP contribution in [0.1, 0.15) is 16.1 Å². The number of thiazole rings is 1. The van der Waals surface area contributed by atoms with Gasteiger partial charge in [0.2, 0.25) is 0 Å². The number of benzene rings is 2. The Kier molecular flexibility index (Phi) is 4.74. The Hall–Kier alpha value is -2.90. The molecule has 3 aromatic rings. The number of aromatic nitrogens is 1. The summed E-state index contributed by atoms with van der Waals surface area (Å²) in [6, 6.07) is 18.4. The zero-order chi connectivity index (χ0) is 16.9. The van der Waals surface area contributed by atoms with Gasteiger partial charge in [-0.3, -0.25) is 0 Å². The lowest BCUT2D eigenvalue weighted by Crippen LogP contribution is -1.92. The molecule has 1 N–H and O–H groups in total. The second-order valence-electron chi connectivity index (χ2n) is 5.59. The lowest BCUT2D eigenvalue weighted by molar-refractivity contribution is 1.36. The van der Waals surface area contributed by atoms with Crippen LogP contribution in [0.4, 0.5) is 5.69 Å². The van der Waals surface area contributed by atoms with E-state index in [1.807, 2.05) is 35.7 Å². The Labute approximate surface area is 145 Å². The van der Waals surface area contributed by atoms with Crippen molar-refractivity contribution in [3.63, 3.8) is 0 Å². The Morgan fingerprint density at radius 2 is 1.83 bits per heavy atom. The van der Waals surface area contributed by atoms with Gasteiger partial charge in [-0.2, -0.15) is 5.26 Å². The third-order valence-corrected chi connectivity index (χ3v) is 4.41. The Balaban J connectivity index is 1.84. The number of anilines is 1. The fourth-order valence-electron chi connectivity index (χ4n) is 2.49. The van der Waals surface area contributed by atoms with E-state index >= 15 is 0 Å². The van der Waals surface area contributed by atoms with E-state index in [9.17, 15) is 5.26 Å². The SMILES string of the molecule is Cc1cc(C)cc(N/C=C(\C#N)c2nc(-c3ccccc3)cs2)c1. The molecule has 4 heteroatoms. The van der Waals surface area contributed by atoms with E-state index in [1.54, 1.807) is 6.20 Å². The van der Waals surface area contributed by atoms with E-state index in [4.69, 9.17) is 0 Å². The Bertz CT molecular complexity index is 897. The molecular formula is C20H17N3S. The van der Waals surface area contributed by atoms with Gasteiger partial charge in [-0.25, -0.2) is 4.98 Å². The van der Waals surface area contributed by atoms with Gasteiger partial charge in [0.05, 0.1) is 5.69 Å². The number of rotatable bonds is 4. The van der Waals surface area contributed by atoms with Crippen LogP contribution < -0.4 is 5.32 Å². The first kappa shape index (κ1) is 16.0. The van der Waals surface area contributed by atoms with E-state index in [0.29, 0.717) is 10.6 Å². The Morgan fingerprint density at radius 1 is 1.12 bits per heavy atom. The van der Waals surface area contributed by atoms with Crippen molar-refractivity contribution in [2.24, 2.45) is 0 Å². The van der Waals surface area contributed by atoms with Gasteiger partial charge >= 0.3 is 0 Å². The summed E-state index contributed by atoms with van der Waals surface area (Å²) in [5.41, 5.74) is 5.82. The van der Waals surface area contributed by atoms with E-state index < -0.39 is 0 Å². The standard InChI is InChI=1S/C20H17N3S/c1-14-8-15(2)10-18(9-14)22-12-17(11-21)20-23-19(13-24-20)16-6-4-3-5-7-16/h3-10,12-13,22H,1-2H3/b17-12+. The summed E-state index contributed by atoms with van der Waals surface area (Å²) in [5, 5.41) is 15.4. The van der Waals surface area contributed by atoms with Crippen LogP contribution in [-0.4, -0.2) is 4.98 Å². The molecule has 0 saturated carbocycles. The molecule has 3 rings (SSSR count). The van der Waals surface area contributed by atoms with E-state index in [1.165, 1.54) is 22.5 Å². The highest BCUT2D eigenvalue weighted by atomic mass is 32.1. The minimum atomic E-state index is 0.529. The van der Waals surface area contributed by atoms with Crippen LogP contribution in [0.15, 0.2) is 60.1 Å². The molecule has 3 nitrogen and oxygen atoms in total. The number of nitrogens with zero attached hydrogens (tertiary/aromatic N) is 2. The molecule has 118 valence electrons. The summed E-state index contributed by atoms with van der Waals surface area (Å²) in [5.74, 6) is 0. The molecule has 0 aliphatic rings. The van der Waals surface area contributed by atoms with Crippen molar-refractivity contribution in [2.75, 3.05) is 5.32 Å².